The fourth-order valence-electron chi connectivity index (χ4n) is 1.80. The van der Waals surface area contributed by atoms with Gasteiger partial charge in [-0.2, -0.15) is 0 Å². The summed E-state index contributed by atoms with van der Waals surface area (Å²) < 4.78 is 7.17. The lowest BCUT2D eigenvalue weighted by Crippen LogP contribution is -2.42. The van der Waals surface area contributed by atoms with Crippen molar-refractivity contribution in [2.45, 2.75) is 32.9 Å². The molecule has 0 aliphatic carbocycles. The average Bonchev–Trinajstić information content (AvgIpc) is 2.89. The third-order valence-electron chi connectivity index (χ3n) is 2.72. The van der Waals surface area contributed by atoms with Crippen LogP contribution in [0.15, 0.2) is 48.8 Å². The van der Waals surface area contributed by atoms with Crippen LogP contribution in [0.5, 0.6) is 0 Å². The largest absolute Gasteiger partial charge is 0.442 e. The molecule has 1 aromatic heterocycles. The quantitative estimate of drug-likeness (QED) is 0.851. The van der Waals surface area contributed by atoms with Crippen molar-refractivity contribution in [3.63, 3.8) is 0 Å². The Hall–Kier alpha value is -1.94. The maximum atomic E-state index is 12.4. The van der Waals surface area contributed by atoms with Crippen molar-refractivity contribution in [3.8, 4) is 0 Å². The van der Waals surface area contributed by atoms with Gasteiger partial charge in [0.2, 0.25) is 0 Å². The highest BCUT2D eigenvalue weighted by Gasteiger charge is 2.23. The van der Waals surface area contributed by atoms with Gasteiger partial charge in [-0.3, -0.25) is 4.68 Å². The molecule has 0 saturated heterocycles. The molecule has 5 heteroatoms. The minimum Gasteiger partial charge on any atom is -0.442 e. The first kappa shape index (κ1) is 15.4. The first-order valence-electron chi connectivity index (χ1n) is 6.73. The van der Waals surface area contributed by atoms with E-state index in [2.05, 4.69) is 0 Å². The van der Waals surface area contributed by atoms with Crippen molar-refractivity contribution in [3.05, 3.63) is 59.4 Å². The molecule has 0 atom stereocenters. The number of hydrogen-bond acceptors (Lipinski definition) is 2. The number of halogens is 1. The van der Waals surface area contributed by atoms with E-state index in [0.717, 1.165) is 5.56 Å². The fraction of sp³-hybridized carbons (Fsp3) is 0.312. The lowest BCUT2D eigenvalue weighted by molar-refractivity contribution is 0.0534. The van der Waals surface area contributed by atoms with E-state index in [4.69, 9.17) is 16.3 Å². The van der Waals surface area contributed by atoms with E-state index in [9.17, 15) is 4.79 Å². The van der Waals surface area contributed by atoms with Gasteiger partial charge in [-0.25, -0.2) is 9.80 Å². The van der Waals surface area contributed by atoms with Crippen LogP contribution < -0.4 is 5.01 Å². The summed E-state index contributed by atoms with van der Waals surface area (Å²) in [4.78, 5) is 12.4. The van der Waals surface area contributed by atoms with Crippen LogP contribution in [0.1, 0.15) is 26.3 Å². The van der Waals surface area contributed by atoms with Crippen LogP contribution in [-0.2, 0) is 11.3 Å². The predicted octanol–water partition coefficient (Wildman–Crippen LogP) is 4.21. The van der Waals surface area contributed by atoms with Gasteiger partial charge in [-0.15, -0.1) is 0 Å². The van der Waals surface area contributed by atoms with Crippen molar-refractivity contribution in [1.29, 1.82) is 0 Å². The zero-order chi connectivity index (χ0) is 15.5. The summed E-state index contributed by atoms with van der Waals surface area (Å²) in [5, 5.41) is 2.21. The first-order chi connectivity index (χ1) is 9.85. The summed E-state index contributed by atoms with van der Waals surface area (Å²) in [5.74, 6) is 0. The third kappa shape index (κ3) is 4.53. The molecule has 112 valence electrons. The molecule has 21 heavy (non-hydrogen) atoms. The van der Waals surface area contributed by atoms with E-state index in [1.165, 1.54) is 5.01 Å². The van der Waals surface area contributed by atoms with Gasteiger partial charge in [0.15, 0.2) is 0 Å². The Balaban J connectivity index is 2.21. The molecule has 1 aromatic carbocycles. The number of carbonyl (C=O) groups is 1. The van der Waals surface area contributed by atoms with Crippen molar-refractivity contribution >= 4 is 17.7 Å². The fourth-order valence-corrected chi connectivity index (χ4v) is 1.93. The summed E-state index contributed by atoms with van der Waals surface area (Å²) in [7, 11) is 0. The zero-order valence-corrected chi connectivity index (χ0v) is 13.2. The van der Waals surface area contributed by atoms with Crippen LogP contribution in [0.25, 0.3) is 0 Å². The molecule has 0 radical (unpaired) electrons. The van der Waals surface area contributed by atoms with Gasteiger partial charge < -0.3 is 4.74 Å². The number of amides is 1. The molecule has 0 fully saturated rings. The Bertz CT molecular complexity index is 586. The van der Waals surface area contributed by atoms with Crippen LogP contribution in [0.4, 0.5) is 4.79 Å². The summed E-state index contributed by atoms with van der Waals surface area (Å²) in [5.41, 5.74) is 0.432. The second kappa shape index (κ2) is 6.22. The molecule has 1 heterocycles. The minimum absolute atomic E-state index is 0.395. The molecule has 0 bridgehead atoms. The number of ether oxygens (including phenoxy) is 1. The standard InChI is InChI=1S/C16H19ClN2O2/c1-16(2,3)21-15(20)19(18-10-4-5-11-18)12-13-6-8-14(17)9-7-13/h4-11H,12H2,1-3H3. The summed E-state index contributed by atoms with van der Waals surface area (Å²) in [6, 6.07) is 11.1. The molecule has 0 spiro atoms. The molecular formula is C16H19ClN2O2. The van der Waals surface area contributed by atoms with Crippen LogP contribution >= 0.6 is 11.6 Å². The Labute approximate surface area is 129 Å². The van der Waals surface area contributed by atoms with Gasteiger partial charge in [0.1, 0.15) is 5.60 Å². The smallest absolute Gasteiger partial charge is 0.429 e. The highest BCUT2D eigenvalue weighted by molar-refractivity contribution is 6.30. The molecule has 0 aliphatic heterocycles. The Kier molecular flexibility index (Phi) is 4.58. The van der Waals surface area contributed by atoms with E-state index in [-0.39, 0.29) is 0 Å². The van der Waals surface area contributed by atoms with E-state index in [1.807, 2.05) is 45.0 Å². The van der Waals surface area contributed by atoms with Crippen molar-refractivity contribution in [2.75, 3.05) is 5.01 Å². The number of aromatic nitrogens is 1. The second-order valence-electron chi connectivity index (χ2n) is 5.73. The number of hydrogen-bond donors (Lipinski definition) is 0. The van der Waals surface area contributed by atoms with Gasteiger partial charge in [0.05, 0.1) is 6.54 Å². The van der Waals surface area contributed by atoms with E-state index < -0.39 is 11.7 Å². The predicted molar refractivity (Wildman–Crippen MR) is 84.0 cm³/mol. The molecular weight excluding hydrogens is 288 g/mol. The van der Waals surface area contributed by atoms with E-state index in [0.29, 0.717) is 11.6 Å². The maximum Gasteiger partial charge on any atom is 0.429 e. The minimum atomic E-state index is -0.539. The van der Waals surface area contributed by atoms with Gasteiger partial charge in [0, 0.05) is 17.4 Å². The van der Waals surface area contributed by atoms with Crippen LogP contribution in [0.3, 0.4) is 0 Å². The second-order valence-corrected chi connectivity index (χ2v) is 6.16. The molecule has 2 aromatic rings. The Morgan fingerprint density at radius 2 is 1.76 bits per heavy atom. The zero-order valence-electron chi connectivity index (χ0n) is 12.4. The van der Waals surface area contributed by atoms with Gasteiger partial charge in [-0.05, 0) is 50.6 Å². The van der Waals surface area contributed by atoms with Gasteiger partial charge >= 0.3 is 6.09 Å². The van der Waals surface area contributed by atoms with Gasteiger partial charge in [0.25, 0.3) is 0 Å². The number of benzene rings is 1. The summed E-state index contributed by atoms with van der Waals surface area (Å²) in [6.45, 7) is 5.95. The highest BCUT2D eigenvalue weighted by Crippen LogP contribution is 2.14. The molecule has 0 unspecified atom stereocenters. The monoisotopic (exact) mass is 306 g/mol. The van der Waals surface area contributed by atoms with Crippen molar-refractivity contribution < 1.29 is 9.53 Å². The molecule has 0 N–H and O–H groups in total. The third-order valence-corrected chi connectivity index (χ3v) is 2.97. The molecule has 4 nitrogen and oxygen atoms in total. The molecule has 0 saturated carbocycles. The normalized spacial score (nSPS) is 11.2. The maximum absolute atomic E-state index is 12.4. The number of nitrogens with zero attached hydrogens (tertiary/aromatic N) is 2. The number of carbonyl (C=O) groups excluding carboxylic acids is 1. The lowest BCUT2D eigenvalue weighted by Gasteiger charge is -2.28. The SMILES string of the molecule is CC(C)(C)OC(=O)N(Cc1ccc(Cl)cc1)n1cccc1. The van der Waals surface area contributed by atoms with Crippen molar-refractivity contribution in [2.24, 2.45) is 0 Å². The molecule has 0 aliphatic rings. The Morgan fingerprint density at radius 1 is 1.19 bits per heavy atom. The molecule has 2 rings (SSSR count). The summed E-state index contributed by atoms with van der Waals surface area (Å²) in [6.07, 6.45) is 3.22. The van der Waals surface area contributed by atoms with Crippen LogP contribution in [0.2, 0.25) is 5.02 Å². The van der Waals surface area contributed by atoms with Crippen molar-refractivity contribution in [1.82, 2.24) is 4.68 Å². The summed E-state index contributed by atoms with van der Waals surface area (Å²) >= 11 is 5.89. The Morgan fingerprint density at radius 3 is 2.29 bits per heavy atom. The van der Waals surface area contributed by atoms with E-state index in [1.54, 1.807) is 29.2 Å². The topological polar surface area (TPSA) is 34.5 Å². The number of rotatable bonds is 3. The highest BCUT2D eigenvalue weighted by atomic mass is 35.5. The molecule has 1 amide bonds. The van der Waals surface area contributed by atoms with Crippen LogP contribution in [0, 0.1) is 0 Å². The van der Waals surface area contributed by atoms with Gasteiger partial charge in [-0.1, -0.05) is 23.7 Å². The average molecular weight is 307 g/mol. The van der Waals surface area contributed by atoms with Crippen LogP contribution in [-0.4, -0.2) is 16.4 Å². The lowest BCUT2D eigenvalue weighted by atomic mass is 10.2. The first-order valence-corrected chi connectivity index (χ1v) is 7.11. The van der Waals surface area contributed by atoms with E-state index >= 15 is 0 Å².